The minimum absolute atomic E-state index is 0.0534. The Morgan fingerprint density at radius 3 is 2.57 bits per heavy atom. The first-order chi connectivity index (χ1) is 6.52. The highest BCUT2D eigenvalue weighted by atomic mass is 16.5. The van der Waals surface area contributed by atoms with Crippen LogP contribution in [0.3, 0.4) is 0 Å². The SMILES string of the molecule is CC(=O)Oc1cccc(C(C)C)c1O. The van der Waals surface area contributed by atoms with Crippen molar-refractivity contribution >= 4 is 5.97 Å². The molecule has 0 radical (unpaired) electrons. The summed E-state index contributed by atoms with van der Waals surface area (Å²) in [5.74, 6) is 0.0492. The van der Waals surface area contributed by atoms with Gasteiger partial charge in [-0.25, -0.2) is 0 Å². The van der Waals surface area contributed by atoms with E-state index in [1.54, 1.807) is 12.1 Å². The lowest BCUT2D eigenvalue weighted by molar-refractivity contribution is -0.132. The number of para-hydroxylation sites is 1. The van der Waals surface area contributed by atoms with Gasteiger partial charge in [-0.05, 0) is 12.0 Å². The third-order valence-electron chi connectivity index (χ3n) is 1.91. The van der Waals surface area contributed by atoms with E-state index in [1.165, 1.54) is 6.92 Å². The van der Waals surface area contributed by atoms with Gasteiger partial charge >= 0.3 is 5.97 Å². The number of carbonyl (C=O) groups is 1. The average Bonchev–Trinajstić information content (AvgIpc) is 2.07. The van der Waals surface area contributed by atoms with Gasteiger partial charge in [0, 0.05) is 12.5 Å². The largest absolute Gasteiger partial charge is 0.504 e. The van der Waals surface area contributed by atoms with Crippen molar-refractivity contribution < 1.29 is 14.6 Å². The number of aromatic hydroxyl groups is 1. The molecule has 3 nitrogen and oxygen atoms in total. The summed E-state index contributed by atoms with van der Waals surface area (Å²) in [5, 5.41) is 9.73. The fourth-order valence-electron chi connectivity index (χ4n) is 1.24. The fraction of sp³-hybridized carbons (Fsp3) is 0.364. The summed E-state index contributed by atoms with van der Waals surface area (Å²) in [7, 11) is 0. The molecule has 3 heteroatoms. The fourth-order valence-corrected chi connectivity index (χ4v) is 1.24. The molecule has 0 bridgehead atoms. The summed E-state index contributed by atoms with van der Waals surface area (Å²) >= 11 is 0. The molecule has 1 rings (SSSR count). The molecule has 0 heterocycles. The van der Waals surface area contributed by atoms with E-state index in [0.29, 0.717) is 0 Å². The van der Waals surface area contributed by atoms with E-state index in [2.05, 4.69) is 0 Å². The summed E-state index contributed by atoms with van der Waals surface area (Å²) in [6.45, 7) is 5.24. The van der Waals surface area contributed by atoms with Crippen molar-refractivity contribution in [2.45, 2.75) is 26.7 Å². The van der Waals surface area contributed by atoms with Gasteiger partial charge < -0.3 is 9.84 Å². The maximum Gasteiger partial charge on any atom is 0.308 e. The number of phenolic OH excluding ortho intramolecular Hbond substituents is 1. The van der Waals surface area contributed by atoms with E-state index in [1.807, 2.05) is 19.9 Å². The predicted octanol–water partition coefficient (Wildman–Crippen LogP) is 2.44. The van der Waals surface area contributed by atoms with Crippen molar-refractivity contribution in [3.63, 3.8) is 0 Å². The molecule has 1 aromatic rings. The second kappa shape index (κ2) is 4.13. The number of hydrogen-bond acceptors (Lipinski definition) is 3. The van der Waals surface area contributed by atoms with E-state index in [9.17, 15) is 9.90 Å². The van der Waals surface area contributed by atoms with Crippen LogP contribution in [0, 0.1) is 0 Å². The smallest absolute Gasteiger partial charge is 0.308 e. The Morgan fingerprint density at radius 2 is 2.07 bits per heavy atom. The molecule has 0 saturated heterocycles. The van der Waals surface area contributed by atoms with Crippen molar-refractivity contribution in [3.8, 4) is 11.5 Å². The zero-order valence-corrected chi connectivity index (χ0v) is 8.57. The number of ether oxygens (including phenoxy) is 1. The standard InChI is InChI=1S/C11H14O3/c1-7(2)9-5-4-6-10(11(9)13)14-8(3)12/h4-7,13H,1-3H3. The number of hydrogen-bond donors (Lipinski definition) is 1. The van der Waals surface area contributed by atoms with Gasteiger partial charge in [-0.2, -0.15) is 0 Å². The molecule has 14 heavy (non-hydrogen) atoms. The van der Waals surface area contributed by atoms with E-state index in [4.69, 9.17) is 4.74 Å². The van der Waals surface area contributed by atoms with Gasteiger partial charge in [-0.1, -0.05) is 26.0 Å². The molecule has 1 aromatic carbocycles. The van der Waals surface area contributed by atoms with Gasteiger partial charge in [-0.15, -0.1) is 0 Å². The predicted molar refractivity (Wildman–Crippen MR) is 53.5 cm³/mol. The van der Waals surface area contributed by atoms with Crippen molar-refractivity contribution in [2.24, 2.45) is 0 Å². The van der Waals surface area contributed by atoms with E-state index in [-0.39, 0.29) is 17.4 Å². The topological polar surface area (TPSA) is 46.5 Å². The van der Waals surface area contributed by atoms with Gasteiger partial charge in [-0.3, -0.25) is 4.79 Å². The third-order valence-corrected chi connectivity index (χ3v) is 1.91. The summed E-state index contributed by atoms with van der Waals surface area (Å²) < 4.78 is 4.85. The monoisotopic (exact) mass is 194 g/mol. The van der Waals surface area contributed by atoms with Crippen LogP contribution in [-0.4, -0.2) is 11.1 Å². The van der Waals surface area contributed by atoms with Crippen LogP contribution in [0.5, 0.6) is 11.5 Å². The minimum Gasteiger partial charge on any atom is -0.504 e. The molecule has 76 valence electrons. The molecular weight excluding hydrogens is 180 g/mol. The van der Waals surface area contributed by atoms with Crippen LogP contribution in [0.4, 0.5) is 0 Å². The molecule has 0 aliphatic carbocycles. The number of phenols is 1. The van der Waals surface area contributed by atoms with Crippen molar-refractivity contribution in [3.05, 3.63) is 23.8 Å². The lowest BCUT2D eigenvalue weighted by Crippen LogP contribution is -2.02. The third kappa shape index (κ3) is 2.25. The lowest BCUT2D eigenvalue weighted by Gasteiger charge is -2.11. The molecule has 1 N–H and O–H groups in total. The van der Waals surface area contributed by atoms with Crippen LogP contribution >= 0.6 is 0 Å². The highest BCUT2D eigenvalue weighted by Gasteiger charge is 2.11. The summed E-state index contributed by atoms with van der Waals surface area (Å²) in [6.07, 6.45) is 0. The van der Waals surface area contributed by atoms with E-state index < -0.39 is 5.97 Å². The van der Waals surface area contributed by atoms with Crippen LogP contribution in [0.1, 0.15) is 32.3 Å². The number of esters is 1. The van der Waals surface area contributed by atoms with Crippen LogP contribution in [0.15, 0.2) is 18.2 Å². The zero-order chi connectivity index (χ0) is 10.7. The number of carbonyl (C=O) groups excluding carboxylic acids is 1. The summed E-state index contributed by atoms with van der Waals surface area (Å²) in [4.78, 5) is 10.7. The van der Waals surface area contributed by atoms with Gasteiger partial charge in [0.2, 0.25) is 0 Å². The van der Waals surface area contributed by atoms with Gasteiger partial charge in [0.25, 0.3) is 0 Å². The van der Waals surface area contributed by atoms with Gasteiger partial charge in [0.1, 0.15) is 0 Å². The lowest BCUT2D eigenvalue weighted by atomic mass is 10.0. The van der Waals surface area contributed by atoms with Gasteiger partial charge in [0.05, 0.1) is 0 Å². The van der Waals surface area contributed by atoms with Crippen LogP contribution in [0.25, 0.3) is 0 Å². The Bertz CT molecular complexity index is 342. The normalized spacial score (nSPS) is 10.3. The first-order valence-electron chi connectivity index (χ1n) is 4.52. The molecule has 0 fully saturated rings. The molecule has 0 aliphatic heterocycles. The molecular formula is C11H14O3. The van der Waals surface area contributed by atoms with E-state index >= 15 is 0 Å². The Balaban J connectivity index is 3.07. The maximum atomic E-state index is 10.7. The molecule has 0 amide bonds. The highest BCUT2D eigenvalue weighted by Crippen LogP contribution is 2.34. The maximum absolute atomic E-state index is 10.7. The Hall–Kier alpha value is -1.51. The van der Waals surface area contributed by atoms with Crippen molar-refractivity contribution in [2.75, 3.05) is 0 Å². The second-order valence-corrected chi connectivity index (χ2v) is 3.44. The quantitative estimate of drug-likeness (QED) is 0.581. The van der Waals surface area contributed by atoms with Crippen LogP contribution < -0.4 is 4.74 Å². The van der Waals surface area contributed by atoms with Crippen LogP contribution in [0.2, 0.25) is 0 Å². The average molecular weight is 194 g/mol. The molecule has 0 aliphatic rings. The zero-order valence-electron chi connectivity index (χ0n) is 8.57. The summed E-state index contributed by atoms with van der Waals surface area (Å²) in [5.41, 5.74) is 0.781. The second-order valence-electron chi connectivity index (χ2n) is 3.44. The molecule has 0 atom stereocenters. The molecule has 0 aromatic heterocycles. The number of rotatable bonds is 2. The Kier molecular flexibility index (Phi) is 3.12. The Labute approximate surface area is 83.3 Å². The van der Waals surface area contributed by atoms with E-state index in [0.717, 1.165) is 5.56 Å². The molecule has 0 saturated carbocycles. The first kappa shape index (κ1) is 10.6. The Morgan fingerprint density at radius 1 is 1.43 bits per heavy atom. The minimum atomic E-state index is -0.429. The molecule has 0 spiro atoms. The molecule has 0 unspecified atom stereocenters. The highest BCUT2D eigenvalue weighted by molar-refractivity contribution is 5.70. The van der Waals surface area contributed by atoms with Crippen LogP contribution in [-0.2, 0) is 4.79 Å². The summed E-state index contributed by atoms with van der Waals surface area (Å²) in [6, 6.07) is 5.14. The van der Waals surface area contributed by atoms with Gasteiger partial charge in [0.15, 0.2) is 11.5 Å². The van der Waals surface area contributed by atoms with Crippen molar-refractivity contribution in [1.82, 2.24) is 0 Å². The first-order valence-corrected chi connectivity index (χ1v) is 4.52. The number of benzene rings is 1. The van der Waals surface area contributed by atoms with Crippen molar-refractivity contribution in [1.29, 1.82) is 0 Å².